The Balaban J connectivity index is 0.00000201. The number of aliphatic imine (C=N–C) groups is 1. The predicted molar refractivity (Wildman–Crippen MR) is 146 cm³/mol. The Bertz CT molecular complexity index is 750. The van der Waals surface area contributed by atoms with E-state index in [1.165, 1.54) is 19.3 Å². The highest BCUT2D eigenvalue weighted by molar-refractivity contribution is 5.37. The van der Waals surface area contributed by atoms with Crippen LogP contribution in [0.15, 0.2) is 53.4 Å². The molecular formula is C29H49F2N3. The summed E-state index contributed by atoms with van der Waals surface area (Å²) < 4.78 is 27.0. The van der Waals surface area contributed by atoms with E-state index >= 15 is 0 Å². The molecule has 1 fully saturated rings. The Morgan fingerprint density at radius 3 is 2.21 bits per heavy atom. The minimum Gasteiger partial charge on any atom is -0.382 e. The van der Waals surface area contributed by atoms with E-state index < -0.39 is 5.92 Å². The second-order valence-electron chi connectivity index (χ2n) is 9.23. The summed E-state index contributed by atoms with van der Waals surface area (Å²) in [5.41, 5.74) is 3.25. The van der Waals surface area contributed by atoms with Crippen LogP contribution in [0.3, 0.4) is 0 Å². The molecule has 1 aliphatic carbocycles. The molecule has 1 aromatic rings. The van der Waals surface area contributed by atoms with Crippen LogP contribution < -0.4 is 0 Å². The van der Waals surface area contributed by atoms with Crippen molar-refractivity contribution in [3.05, 3.63) is 59.6 Å². The lowest BCUT2D eigenvalue weighted by molar-refractivity contribution is 0.0226. The second-order valence-corrected chi connectivity index (χ2v) is 9.23. The minimum absolute atomic E-state index is 0.247. The SMILES string of the molecule is C=N/C(=C\N(C)C)C(=C)N(Cc1cccc(CC(C)(F)F)c1)C1CCC(CC)C1.CC.CCC. The van der Waals surface area contributed by atoms with Gasteiger partial charge in [0.25, 0.3) is 0 Å². The molecule has 0 N–H and O–H groups in total. The third-order valence-corrected chi connectivity index (χ3v) is 5.58. The summed E-state index contributed by atoms with van der Waals surface area (Å²) in [7, 11) is 3.89. The third kappa shape index (κ3) is 11.8. The van der Waals surface area contributed by atoms with Gasteiger partial charge in [0, 0.05) is 39.3 Å². The minimum atomic E-state index is -2.71. The molecule has 0 saturated heterocycles. The van der Waals surface area contributed by atoms with Crippen molar-refractivity contribution in [2.24, 2.45) is 10.9 Å². The summed E-state index contributed by atoms with van der Waals surface area (Å²) in [6.07, 6.45) is 7.54. The second kappa shape index (κ2) is 16.5. The molecule has 3 nitrogen and oxygen atoms in total. The van der Waals surface area contributed by atoms with Crippen molar-refractivity contribution in [3.63, 3.8) is 0 Å². The molecular weight excluding hydrogens is 428 g/mol. The molecule has 0 spiro atoms. The standard InChI is InChI=1S/C24H35F2N3.C3H8.C2H6/c1-7-19-11-12-22(14-19)29(18(2)23(27-4)17-28(5)6)16-21-10-8-9-20(13-21)15-24(3,25)26;1-3-2;1-2/h8-10,13,17,19,22H,2,4,7,11-12,14-16H2,1,3,5-6H3;3H2,1-2H3;1-2H3/b23-17-;;. The fourth-order valence-corrected chi connectivity index (χ4v) is 4.14. The predicted octanol–water partition coefficient (Wildman–Crippen LogP) is 8.32. The Morgan fingerprint density at radius 1 is 1.15 bits per heavy atom. The quantitative estimate of drug-likeness (QED) is 0.249. The average molecular weight is 478 g/mol. The van der Waals surface area contributed by atoms with Gasteiger partial charge in [-0.1, -0.05) is 78.3 Å². The van der Waals surface area contributed by atoms with E-state index in [-0.39, 0.29) is 6.42 Å². The number of hydrogen-bond donors (Lipinski definition) is 0. The van der Waals surface area contributed by atoms with Gasteiger partial charge in [-0.2, -0.15) is 0 Å². The average Bonchev–Trinajstić information content (AvgIpc) is 3.25. The van der Waals surface area contributed by atoms with Crippen LogP contribution in [0.2, 0.25) is 0 Å². The molecule has 0 radical (unpaired) electrons. The van der Waals surface area contributed by atoms with Crippen molar-refractivity contribution in [2.75, 3.05) is 14.1 Å². The van der Waals surface area contributed by atoms with Gasteiger partial charge in [0.15, 0.2) is 0 Å². The summed E-state index contributed by atoms with van der Waals surface area (Å²) in [6.45, 7) is 20.1. The third-order valence-electron chi connectivity index (χ3n) is 5.58. The highest BCUT2D eigenvalue weighted by atomic mass is 19.3. The Morgan fingerprint density at radius 2 is 1.74 bits per heavy atom. The molecule has 194 valence electrons. The number of alkyl halides is 2. The van der Waals surface area contributed by atoms with Gasteiger partial charge in [0.1, 0.15) is 5.70 Å². The fourth-order valence-electron chi connectivity index (χ4n) is 4.14. The van der Waals surface area contributed by atoms with E-state index in [1.54, 1.807) is 6.07 Å². The molecule has 2 rings (SSSR count). The van der Waals surface area contributed by atoms with Gasteiger partial charge in [-0.3, -0.25) is 4.99 Å². The van der Waals surface area contributed by atoms with Gasteiger partial charge < -0.3 is 9.80 Å². The van der Waals surface area contributed by atoms with Gasteiger partial charge >= 0.3 is 0 Å². The molecule has 2 unspecified atom stereocenters. The normalized spacial score (nSPS) is 17.6. The lowest BCUT2D eigenvalue weighted by Crippen LogP contribution is -2.33. The van der Waals surface area contributed by atoms with E-state index in [0.29, 0.717) is 18.2 Å². The molecule has 1 saturated carbocycles. The van der Waals surface area contributed by atoms with Gasteiger partial charge in [-0.15, -0.1) is 0 Å². The van der Waals surface area contributed by atoms with Crippen molar-refractivity contribution >= 4 is 6.72 Å². The zero-order chi connectivity index (χ0) is 26.3. The van der Waals surface area contributed by atoms with Crippen LogP contribution in [-0.2, 0) is 13.0 Å². The van der Waals surface area contributed by atoms with Crippen LogP contribution in [0.25, 0.3) is 0 Å². The van der Waals surface area contributed by atoms with Crippen LogP contribution in [0, 0.1) is 5.92 Å². The first-order chi connectivity index (χ1) is 16.0. The van der Waals surface area contributed by atoms with Crippen molar-refractivity contribution in [2.45, 2.75) is 98.6 Å². The summed E-state index contributed by atoms with van der Waals surface area (Å²) in [5, 5.41) is 0. The van der Waals surface area contributed by atoms with E-state index in [2.05, 4.69) is 44.0 Å². The molecule has 0 bridgehead atoms. The molecule has 5 heteroatoms. The molecule has 0 heterocycles. The Hall–Kier alpha value is -2.17. The maximum atomic E-state index is 13.5. The van der Waals surface area contributed by atoms with Crippen LogP contribution >= 0.6 is 0 Å². The zero-order valence-electron chi connectivity index (χ0n) is 23.0. The van der Waals surface area contributed by atoms with E-state index in [0.717, 1.165) is 42.6 Å². The molecule has 0 amide bonds. The molecule has 0 aliphatic heterocycles. The summed E-state index contributed by atoms with van der Waals surface area (Å²) in [5.74, 6) is -1.99. The van der Waals surface area contributed by atoms with Crippen molar-refractivity contribution in [1.82, 2.24) is 9.80 Å². The first kappa shape index (κ1) is 31.8. The lowest BCUT2D eigenvalue weighted by Gasteiger charge is -2.33. The van der Waals surface area contributed by atoms with Crippen LogP contribution in [0.5, 0.6) is 0 Å². The number of halogens is 2. The van der Waals surface area contributed by atoms with Crippen LogP contribution in [0.4, 0.5) is 8.78 Å². The number of hydrogen-bond acceptors (Lipinski definition) is 3. The van der Waals surface area contributed by atoms with E-state index in [1.807, 2.05) is 57.2 Å². The molecule has 34 heavy (non-hydrogen) atoms. The van der Waals surface area contributed by atoms with E-state index in [4.69, 9.17) is 0 Å². The highest BCUT2D eigenvalue weighted by Gasteiger charge is 2.30. The zero-order valence-corrected chi connectivity index (χ0v) is 23.0. The molecule has 1 aromatic carbocycles. The van der Waals surface area contributed by atoms with Crippen LogP contribution in [-0.4, -0.2) is 42.6 Å². The van der Waals surface area contributed by atoms with Gasteiger partial charge in [0.05, 0.1) is 5.70 Å². The smallest absolute Gasteiger partial charge is 0.249 e. The molecule has 0 aromatic heterocycles. The molecule has 1 aliphatic rings. The maximum Gasteiger partial charge on any atom is 0.249 e. The number of benzene rings is 1. The summed E-state index contributed by atoms with van der Waals surface area (Å²) in [4.78, 5) is 8.42. The van der Waals surface area contributed by atoms with Gasteiger partial charge in [-0.25, -0.2) is 8.78 Å². The van der Waals surface area contributed by atoms with E-state index in [9.17, 15) is 8.78 Å². The van der Waals surface area contributed by atoms with Gasteiger partial charge in [0.2, 0.25) is 5.92 Å². The summed E-state index contributed by atoms with van der Waals surface area (Å²) in [6, 6.07) is 7.89. The Kier molecular flexibility index (Phi) is 15.4. The monoisotopic (exact) mass is 477 g/mol. The lowest BCUT2D eigenvalue weighted by atomic mass is 10.0. The molecule has 2 atom stereocenters. The first-order valence-electron chi connectivity index (χ1n) is 12.8. The van der Waals surface area contributed by atoms with Crippen molar-refractivity contribution in [1.29, 1.82) is 0 Å². The summed E-state index contributed by atoms with van der Waals surface area (Å²) >= 11 is 0. The fraction of sp³-hybridized carbons (Fsp3) is 0.621. The van der Waals surface area contributed by atoms with Crippen molar-refractivity contribution < 1.29 is 8.78 Å². The number of rotatable bonds is 10. The largest absolute Gasteiger partial charge is 0.382 e. The Labute approximate surface area is 208 Å². The van der Waals surface area contributed by atoms with Crippen LogP contribution in [0.1, 0.15) is 84.8 Å². The maximum absolute atomic E-state index is 13.5. The topological polar surface area (TPSA) is 18.8 Å². The number of nitrogens with zero attached hydrogens (tertiary/aromatic N) is 3. The first-order valence-corrected chi connectivity index (χ1v) is 12.8. The van der Waals surface area contributed by atoms with Gasteiger partial charge in [-0.05, 0) is 49.9 Å². The highest BCUT2D eigenvalue weighted by Crippen LogP contribution is 2.35. The van der Waals surface area contributed by atoms with Crippen molar-refractivity contribution in [3.8, 4) is 0 Å².